The van der Waals surface area contributed by atoms with E-state index in [0.717, 1.165) is 53.6 Å². The second-order valence-electron chi connectivity index (χ2n) is 10.00. The predicted octanol–water partition coefficient (Wildman–Crippen LogP) is 6.49. The number of halogens is 1. The number of anilines is 1. The minimum atomic E-state index is -0.232. The number of aromatic nitrogens is 3. The molecule has 0 saturated heterocycles. The van der Waals surface area contributed by atoms with E-state index in [4.69, 9.17) is 17.3 Å². The first-order valence-corrected chi connectivity index (χ1v) is 13.6. The average molecular weight is 502 g/mol. The molecule has 5 nitrogen and oxygen atoms in total. The highest BCUT2D eigenvalue weighted by Gasteiger charge is 2.29. The summed E-state index contributed by atoms with van der Waals surface area (Å²) in [7, 11) is 0. The quantitative estimate of drug-likeness (QED) is 0.297. The van der Waals surface area contributed by atoms with Crippen molar-refractivity contribution in [3.63, 3.8) is 0 Å². The van der Waals surface area contributed by atoms with Crippen molar-refractivity contribution in [1.29, 1.82) is 0 Å². The Balaban J connectivity index is 1.44. The van der Waals surface area contributed by atoms with Gasteiger partial charge in [-0.3, -0.25) is 0 Å². The molecule has 0 atom stereocenters. The molecule has 0 radical (unpaired) electrons. The lowest BCUT2D eigenvalue weighted by Gasteiger charge is -2.24. The van der Waals surface area contributed by atoms with E-state index in [1.165, 1.54) is 60.9 Å². The van der Waals surface area contributed by atoms with Gasteiger partial charge in [-0.15, -0.1) is 0 Å². The summed E-state index contributed by atoms with van der Waals surface area (Å²) in [6.07, 6.45) is 9.42. The molecule has 1 fully saturated rings. The molecule has 2 aromatic carbocycles. The monoisotopic (exact) mass is 501 g/mol. The van der Waals surface area contributed by atoms with Gasteiger partial charge in [-0.2, -0.15) is 5.10 Å². The van der Waals surface area contributed by atoms with Gasteiger partial charge in [0.05, 0.1) is 6.54 Å². The van der Waals surface area contributed by atoms with Gasteiger partial charge >= 0.3 is 0 Å². The van der Waals surface area contributed by atoms with Crippen LogP contribution in [0.4, 0.5) is 10.1 Å². The maximum Gasteiger partial charge on any atom is 0.150 e. The molecule has 0 unspecified atom stereocenters. The van der Waals surface area contributed by atoms with Gasteiger partial charge < -0.3 is 15.2 Å². The van der Waals surface area contributed by atoms with Crippen LogP contribution in [0.2, 0.25) is 0 Å². The fraction of sp³-hybridized carbons (Fsp3) is 0.379. The summed E-state index contributed by atoms with van der Waals surface area (Å²) in [5.41, 5.74) is 6.80. The lowest BCUT2D eigenvalue weighted by molar-refractivity contribution is 0.415. The van der Waals surface area contributed by atoms with Crippen LogP contribution in [0.15, 0.2) is 54.6 Å². The van der Waals surface area contributed by atoms with Crippen molar-refractivity contribution in [3.05, 3.63) is 77.5 Å². The van der Waals surface area contributed by atoms with Crippen LogP contribution in [-0.2, 0) is 19.5 Å². The maximum absolute atomic E-state index is 13.4. The van der Waals surface area contributed by atoms with Crippen LogP contribution >= 0.6 is 12.2 Å². The highest BCUT2D eigenvalue weighted by atomic mass is 32.1. The Labute approximate surface area is 216 Å². The fourth-order valence-electron chi connectivity index (χ4n) is 5.81. The average Bonchev–Trinajstić information content (AvgIpc) is 3.31. The van der Waals surface area contributed by atoms with Crippen molar-refractivity contribution in [1.82, 2.24) is 19.5 Å². The summed E-state index contributed by atoms with van der Waals surface area (Å²) in [4.78, 5) is 0.797. The molecule has 1 aliphatic carbocycles. The Kier molecular flexibility index (Phi) is 6.48. The van der Waals surface area contributed by atoms with Crippen LogP contribution in [0.25, 0.3) is 16.8 Å². The van der Waals surface area contributed by atoms with Crippen molar-refractivity contribution >= 4 is 28.5 Å². The molecule has 36 heavy (non-hydrogen) atoms. The van der Waals surface area contributed by atoms with E-state index in [-0.39, 0.29) is 5.82 Å². The van der Waals surface area contributed by atoms with E-state index in [1.54, 1.807) is 12.1 Å². The first-order chi connectivity index (χ1) is 17.7. The normalized spacial score (nSPS) is 16.1. The molecule has 1 aliphatic heterocycles. The zero-order chi connectivity index (χ0) is 24.5. The predicted molar refractivity (Wildman–Crippen MR) is 147 cm³/mol. The second kappa shape index (κ2) is 10.1. The number of hydrogen-bond acceptors (Lipinski definition) is 3. The number of thiocarbonyl (C=S) groups is 1. The molecule has 2 aromatic heterocycles. The van der Waals surface area contributed by atoms with Gasteiger partial charge in [-0.1, -0.05) is 61.8 Å². The van der Waals surface area contributed by atoms with Crippen molar-refractivity contribution in [2.24, 2.45) is 0 Å². The number of nitrogens with one attached hydrogen (secondary N) is 2. The number of rotatable bonds is 6. The van der Waals surface area contributed by atoms with Gasteiger partial charge in [0.15, 0.2) is 5.82 Å². The third kappa shape index (κ3) is 4.41. The van der Waals surface area contributed by atoms with Gasteiger partial charge in [-0.25, -0.2) is 8.91 Å². The van der Waals surface area contributed by atoms with Gasteiger partial charge in [0.1, 0.15) is 22.1 Å². The topological polar surface area (TPSA) is 46.3 Å². The van der Waals surface area contributed by atoms with Gasteiger partial charge in [-0.05, 0) is 61.9 Å². The first-order valence-electron chi connectivity index (χ1n) is 13.2. The van der Waals surface area contributed by atoms with Crippen LogP contribution in [0, 0.1) is 5.82 Å². The largest absolute Gasteiger partial charge is 0.378 e. The summed E-state index contributed by atoms with van der Waals surface area (Å²) in [6, 6.07) is 17.5. The van der Waals surface area contributed by atoms with Crippen molar-refractivity contribution in [2.45, 2.75) is 70.5 Å². The fourth-order valence-corrected chi connectivity index (χ4v) is 6.17. The molecule has 1 saturated carbocycles. The van der Waals surface area contributed by atoms with Crippen molar-refractivity contribution < 1.29 is 4.39 Å². The summed E-state index contributed by atoms with van der Waals surface area (Å²) >= 11 is 6.11. The molecule has 186 valence electrons. The Morgan fingerprint density at radius 3 is 2.53 bits per heavy atom. The minimum Gasteiger partial charge on any atom is -0.378 e. The van der Waals surface area contributed by atoms with E-state index >= 15 is 0 Å². The summed E-state index contributed by atoms with van der Waals surface area (Å²) in [6.45, 7) is 1.49. The molecule has 3 heterocycles. The molecule has 2 aliphatic rings. The lowest BCUT2D eigenvalue weighted by atomic mass is 9.95. The van der Waals surface area contributed by atoms with Crippen molar-refractivity contribution in [3.8, 4) is 11.1 Å². The lowest BCUT2D eigenvalue weighted by Crippen LogP contribution is -2.36. The molecule has 7 heteroatoms. The van der Waals surface area contributed by atoms with Gasteiger partial charge in [0, 0.05) is 29.4 Å². The molecule has 6 rings (SSSR count). The number of aryl methyl sites for hydroxylation is 2. The van der Waals surface area contributed by atoms with Crippen LogP contribution in [0.3, 0.4) is 0 Å². The molecule has 2 N–H and O–H groups in total. The molecular weight excluding hydrogens is 469 g/mol. The smallest absolute Gasteiger partial charge is 0.150 e. The number of hydrogen-bond donors (Lipinski definition) is 2. The Morgan fingerprint density at radius 1 is 0.972 bits per heavy atom. The zero-order valence-electron chi connectivity index (χ0n) is 20.5. The first kappa shape index (κ1) is 23.2. The third-order valence-corrected chi connectivity index (χ3v) is 7.89. The molecule has 0 amide bonds. The van der Waals surface area contributed by atoms with E-state index in [2.05, 4.69) is 50.0 Å². The Bertz CT molecular complexity index is 1370. The van der Waals surface area contributed by atoms with Crippen LogP contribution in [-0.4, -0.2) is 25.2 Å². The Hall–Kier alpha value is -3.19. The van der Waals surface area contributed by atoms with E-state index < -0.39 is 0 Å². The molecule has 0 spiro atoms. The maximum atomic E-state index is 13.4. The molecular formula is C29H32FN5S. The summed E-state index contributed by atoms with van der Waals surface area (Å²) in [5.74, 6) is 0.739. The standard InChI is InChI=1S/C29H32FN5S/c30-21-14-16-22(17-15-21)31-19-25-33-35-27(28(36)32-23-11-5-2-6-12-23)26(20-9-3-1-4-10-20)24-13-7-8-18-34(25)29(24)35/h1,3-4,9-10,14-17,23,31H,2,5-8,11-13,18-19H2,(H,32,36). The third-order valence-electron chi connectivity index (χ3n) is 7.57. The molecule has 0 bridgehead atoms. The SMILES string of the molecule is Fc1ccc(NCc2nn3c(C(=S)NC4CCCCC4)c(-c4ccccc4)c4c3n2CCCC4)cc1. The van der Waals surface area contributed by atoms with Crippen LogP contribution < -0.4 is 10.6 Å². The Morgan fingerprint density at radius 2 is 1.75 bits per heavy atom. The van der Waals surface area contributed by atoms with E-state index in [9.17, 15) is 4.39 Å². The van der Waals surface area contributed by atoms with Crippen LogP contribution in [0.5, 0.6) is 0 Å². The van der Waals surface area contributed by atoms with Crippen molar-refractivity contribution in [2.75, 3.05) is 5.32 Å². The van der Waals surface area contributed by atoms with Gasteiger partial charge in [0.2, 0.25) is 0 Å². The van der Waals surface area contributed by atoms with E-state index in [1.807, 2.05) is 0 Å². The van der Waals surface area contributed by atoms with Gasteiger partial charge in [0.25, 0.3) is 0 Å². The highest BCUT2D eigenvalue weighted by Crippen LogP contribution is 2.37. The second-order valence-corrected chi connectivity index (χ2v) is 10.4. The summed E-state index contributed by atoms with van der Waals surface area (Å²) < 4.78 is 17.8. The van der Waals surface area contributed by atoms with Crippen LogP contribution in [0.1, 0.15) is 62.0 Å². The zero-order valence-corrected chi connectivity index (χ0v) is 21.3. The summed E-state index contributed by atoms with van der Waals surface area (Å²) in [5, 5.41) is 12.3. The molecule has 4 aromatic rings. The number of nitrogens with zero attached hydrogens (tertiary/aromatic N) is 3. The van der Waals surface area contributed by atoms with E-state index in [0.29, 0.717) is 12.6 Å². The number of benzene rings is 2. The highest BCUT2D eigenvalue weighted by molar-refractivity contribution is 7.80. The minimum absolute atomic E-state index is 0.232.